The van der Waals surface area contributed by atoms with Gasteiger partial charge in [-0.15, -0.1) is 6.58 Å². The highest BCUT2D eigenvalue weighted by molar-refractivity contribution is 4.97. The maximum absolute atomic E-state index is 5.83. The molecule has 0 aliphatic heterocycles. The fraction of sp³-hybridized carbons (Fsp3) is 0.636. The van der Waals surface area contributed by atoms with Crippen LogP contribution in [0.5, 0.6) is 0 Å². The standard InChI is InChI=1S/C11H19N3O2/c1-5-6-8(12)11-13-10(14-16-11)9(15-4)7(2)3/h5,7-9H,1,6,12H2,2-4H3. The van der Waals surface area contributed by atoms with Gasteiger partial charge in [0, 0.05) is 7.11 Å². The lowest BCUT2D eigenvalue weighted by Gasteiger charge is -2.14. The first kappa shape index (κ1) is 12.9. The molecule has 0 spiro atoms. The fourth-order valence-electron chi connectivity index (χ4n) is 1.47. The van der Waals surface area contributed by atoms with Crippen LogP contribution in [0.4, 0.5) is 0 Å². The van der Waals surface area contributed by atoms with E-state index in [1.165, 1.54) is 0 Å². The van der Waals surface area contributed by atoms with Gasteiger partial charge in [-0.25, -0.2) is 0 Å². The summed E-state index contributed by atoms with van der Waals surface area (Å²) in [5, 5.41) is 3.89. The molecule has 0 aromatic carbocycles. The van der Waals surface area contributed by atoms with Crippen LogP contribution < -0.4 is 5.73 Å². The highest BCUT2D eigenvalue weighted by Crippen LogP contribution is 2.23. The van der Waals surface area contributed by atoms with Crippen molar-refractivity contribution < 1.29 is 9.26 Å². The molecule has 90 valence electrons. The van der Waals surface area contributed by atoms with Gasteiger partial charge in [0.25, 0.3) is 0 Å². The summed E-state index contributed by atoms with van der Waals surface area (Å²) in [6, 6.07) is -0.289. The topological polar surface area (TPSA) is 74.2 Å². The average Bonchev–Trinajstić information content (AvgIpc) is 2.68. The van der Waals surface area contributed by atoms with E-state index in [4.69, 9.17) is 15.0 Å². The summed E-state index contributed by atoms with van der Waals surface area (Å²) in [6.07, 6.45) is 2.18. The summed E-state index contributed by atoms with van der Waals surface area (Å²) in [4.78, 5) is 4.25. The summed E-state index contributed by atoms with van der Waals surface area (Å²) in [5.74, 6) is 1.26. The molecule has 2 N–H and O–H groups in total. The lowest BCUT2D eigenvalue weighted by molar-refractivity contribution is 0.0555. The van der Waals surface area contributed by atoms with E-state index in [1.807, 2.05) is 13.8 Å². The zero-order valence-corrected chi connectivity index (χ0v) is 10.0. The Morgan fingerprint density at radius 1 is 1.56 bits per heavy atom. The van der Waals surface area contributed by atoms with Crippen molar-refractivity contribution in [3.8, 4) is 0 Å². The minimum atomic E-state index is -0.289. The number of nitrogens with two attached hydrogens (primary N) is 1. The van der Waals surface area contributed by atoms with Crippen LogP contribution in [-0.4, -0.2) is 17.3 Å². The molecule has 0 saturated heterocycles. The SMILES string of the molecule is C=CCC(N)c1nc(C(OC)C(C)C)no1. The second-order valence-corrected chi connectivity index (χ2v) is 4.02. The van der Waals surface area contributed by atoms with Crippen molar-refractivity contribution >= 4 is 0 Å². The van der Waals surface area contributed by atoms with Crippen LogP contribution in [0.3, 0.4) is 0 Å². The number of rotatable bonds is 6. The van der Waals surface area contributed by atoms with Gasteiger partial charge in [-0.3, -0.25) is 0 Å². The molecule has 0 aliphatic carbocycles. The van der Waals surface area contributed by atoms with Crippen molar-refractivity contribution in [2.75, 3.05) is 7.11 Å². The zero-order chi connectivity index (χ0) is 12.1. The van der Waals surface area contributed by atoms with Crippen molar-refractivity contribution in [2.24, 2.45) is 11.7 Å². The van der Waals surface area contributed by atoms with Gasteiger partial charge in [-0.05, 0) is 12.3 Å². The summed E-state index contributed by atoms with van der Waals surface area (Å²) >= 11 is 0. The molecule has 0 saturated carbocycles. The summed E-state index contributed by atoms with van der Waals surface area (Å²) < 4.78 is 10.4. The van der Waals surface area contributed by atoms with E-state index >= 15 is 0 Å². The third-order valence-corrected chi connectivity index (χ3v) is 2.31. The number of hydrogen-bond donors (Lipinski definition) is 1. The average molecular weight is 225 g/mol. The van der Waals surface area contributed by atoms with Crippen molar-refractivity contribution in [3.63, 3.8) is 0 Å². The maximum atomic E-state index is 5.83. The van der Waals surface area contributed by atoms with Crippen LogP contribution in [0.2, 0.25) is 0 Å². The maximum Gasteiger partial charge on any atom is 0.243 e. The van der Waals surface area contributed by atoms with Gasteiger partial charge in [-0.2, -0.15) is 4.98 Å². The Bertz CT molecular complexity index is 336. The molecular weight excluding hydrogens is 206 g/mol. The molecule has 0 bridgehead atoms. The molecule has 0 fully saturated rings. The predicted octanol–water partition coefficient (Wildman–Crippen LogP) is 1.99. The van der Waals surface area contributed by atoms with Crippen molar-refractivity contribution in [3.05, 3.63) is 24.4 Å². The van der Waals surface area contributed by atoms with E-state index in [9.17, 15) is 0 Å². The second-order valence-electron chi connectivity index (χ2n) is 4.02. The van der Waals surface area contributed by atoms with Crippen LogP contribution in [0.25, 0.3) is 0 Å². The minimum Gasteiger partial charge on any atom is -0.373 e. The molecule has 1 aromatic heterocycles. The molecule has 2 atom stereocenters. The Morgan fingerprint density at radius 3 is 2.75 bits per heavy atom. The normalized spacial score (nSPS) is 15.1. The molecule has 16 heavy (non-hydrogen) atoms. The molecule has 1 rings (SSSR count). The lowest BCUT2D eigenvalue weighted by atomic mass is 10.1. The molecular formula is C11H19N3O2. The first-order valence-corrected chi connectivity index (χ1v) is 5.32. The van der Waals surface area contributed by atoms with Gasteiger partial charge in [0.15, 0.2) is 0 Å². The molecule has 5 nitrogen and oxygen atoms in total. The molecule has 1 heterocycles. The quantitative estimate of drug-likeness (QED) is 0.749. The zero-order valence-electron chi connectivity index (χ0n) is 10.0. The Kier molecular flexibility index (Phi) is 4.64. The summed E-state index contributed by atoms with van der Waals surface area (Å²) in [7, 11) is 1.63. The number of hydrogen-bond acceptors (Lipinski definition) is 5. The largest absolute Gasteiger partial charge is 0.373 e. The number of methoxy groups -OCH3 is 1. The van der Waals surface area contributed by atoms with E-state index in [2.05, 4.69) is 16.7 Å². The molecule has 0 amide bonds. The predicted molar refractivity (Wildman–Crippen MR) is 60.6 cm³/mol. The van der Waals surface area contributed by atoms with Crippen LogP contribution in [-0.2, 0) is 4.74 Å². The smallest absolute Gasteiger partial charge is 0.243 e. The van der Waals surface area contributed by atoms with Gasteiger partial charge in [0.2, 0.25) is 11.7 Å². The van der Waals surface area contributed by atoms with E-state index < -0.39 is 0 Å². The molecule has 0 aliphatic rings. The Morgan fingerprint density at radius 2 is 2.25 bits per heavy atom. The summed E-state index contributed by atoms with van der Waals surface area (Å²) in [5.41, 5.74) is 5.83. The van der Waals surface area contributed by atoms with Gasteiger partial charge < -0.3 is 15.0 Å². The lowest BCUT2D eigenvalue weighted by Crippen LogP contribution is -2.12. The third kappa shape index (κ3) is 2.90. The van der Waals surface area contributed by atoms with Gasteiger partial charge >= 0.3 is 0 Å². The van der Waals surface area contributed by atoms with Crippen LogP contribution in [0.1, 0.15) is 44.1 Å². The highest BCUT2D eigenvalue weighted by atomic mass is 16.5. The van der Waals surface area contributed by atoms with Crippen molar-refractivity contribution in [1.29, 1.82) is 0 Å². The monoisotopic (exact) mass is 225 g/mol. The van der Waals surface area contributed by atoms with E-state index in [0.717, 1.165) is 0 Å². The molecule has 1 aromatic rings. The molecule has 2 unspecified atom stereocenters. The first-order valence-electron chi connectivity index (χ1n) is 5.32. The fourth-order valence-corrected chi connectivity index (χ4v) is 1.47. The van der Waals surface area contributed by atoms with Crippen molar-refractivity contribution in [1.82, 2.24) is 10.1 Å². The Hall–Kier alpha value is -1.20. The van der Waals surface area contributed by atoms with E-state index in [0.29, 0.717) is 18.1 Å². The molecule has 5 heteroatoms. The number of aromatic nitrogens is 2. The second kappa shape index (κ2) is 5.77. The minimum absolute atomic E-state index is 0.159. The van der Waals surface area contributed by atoms with Crippen LogP contribution in [0.15, 0.2) is 17.2 Å². The first-order chi connectivity index (χ1) is 7.60. The van der Waals surface area contributed by atoms with E-state index in [-0.39, 0.29) is 18.1 Å². The molecule has 0 radical (unpaired) electrons. The van der Waals surface area contributed by atoms with Gasteiger partial charge in [0.05, 0.1) is 6.04 Å². The third-order valence-electron chi connectivity index (χ3n) is 2.31. The Balaban J connectivity index is 2.80. The van der Waals surface area contributed by atoms with Crippen LogP contribution in [0, 0.1) is 5.92 Å². The highest BCUT2D eigenvalue weighted by Gasteiger charge is 2.22. The number of nitrogens with zero attached hydrogens (tertiary/aromatic N) is 2. The number of ether oxygens (including phenoxy) is 1. The van der Waals surface area contributed by atoms with E-state index in [1.54, 1.807) is 13.2 Å². The summed E-state index contributed by atoms with van der Waals surface area (Å²) in [6.45, 7) is 7.69. The van der Waals surface area contributed by atoms with Crippen molar-refractivity contribution in [2.45, 2.75) is 32.4 Å². The van der Waals surface area contributed by atoms with Gasteiger partial charge in [-0.1, -0.05) is 25.1 Å². The van der Waals surface area contributed by atoms with Crippen LogP contribution >= 0.6 is 0 Å². The Labute approximate surface area is 95.7 Å². The van der Waals surface area contributed by atoms with Gasteiger partial charge in [0.1, 0.15) is 6.10 Å².